The molecule has 2 aliphatic rings. The highest BCUT2D eigenvalue weighted by atomic mass is 35.5. The van der Waals surface area contributed by atoms with E-state index in [4.69, 9.17) is 16.3 Å². The highest BCUT2D eigenvalue weighted by Crippen LogP contribution is 2.27. The first kappa shape index (κ1) is 14.2. The van der Waals surface area contributed by atoms with E-state index in [0.717, 1.165) is 50.2 Å². The molecule has 0 N–H and O–H groups in total. The predicted molar refractivity (Wildman–Crippen MR) is 83.9 cm³/mol. The Kier molecular flexibility index (Phi) is 4.85. The molecular formula is C17H24ClNO. The summed E-state index contributed by atoms with van der Waals surface area (Å²) in [7, 11) is 0. The number of alkyl halides is 1. The number of nitrogens with zero attached hydrogens (tertiary/aromatic N) is 1. The molecule has 0 bridgehead atoms. The van der Waals surface area contributed by atoms with Crippen molar-refractivity contribution in [2.75, 3.05) is 25.6 Å². The maximum atomic E-state index is 5.97. The molecule has 1 fully saturated rings. The van der Waals surface area contributed by atoms with Crippen LogP contribution >= 0.6 is 11.6 Å². The SMILES string of the molecule is ClCCN(CCc1ccc2c(c1)CCO2)C1CCCC1. The minimum atomic E-state index is 0.745. The largest absolute Gasteiger partial charge is 0.493 e. The first-order valence-electron chi connectivity index (χ1n) is 7.91. The highest BCUT2D eigenvalue weighted by Gasteiger charge is 2.22. The summed E-state index contributed by atoms with van der Waals surface area (Å²) in [4.78, 5) is 2.60. The third kappa shape index (κ3) is 3.29. The van der Waals surface area contributed by atoms with Gasteiger partial charge in [-0.1, -0.05) is 25.0 Å². The Bertz CT molecular complexity index is 443. The lowest BCUT2D eigenvalue weighted by Crippen LogP contribution is -2.36. The normalized spacial score (nSPS) is 18.5. The van der Waals surface area contributed by atoms with E-state index in [0.29, 0.717) is 0 Å². The lowest BCUT2D eigenvalue weighted by molar-refractivity contribution is 0.213. The van der Waals surface area contributed by atoms with Gasteiger partial charge in [0.25, 0.3) is 0 Å². The van der Waals surface area contributed by atoms with Gasteiger partial charge in [0.2, 0.25) is 0 Å². The Balaban J connectivity index is 1.58. The van der Waals surface area contributed by atoms with Gasteiger partial charge in [0.15, 0.2) is 0 Å². The number of benzene rings is 1. The second-order valence-electron chi connectivity index (χ2n) is 5.95. The van der Waals surface area contributed by atoms with Crippen molar-refractivity contribution in [3.8, 4) is 5.75 Å². The van der Waals surface area contributed by atoms with E-state index in [2.05, 4.69) is 23.1 Å². The maximum Gasteiger partial charge on any atom is 0.122 e. The zero-order valence-corrected chi connectivity index (χ0v) is 12.9. The Morgan fingerprint density at radius 3 is 2.85 bits per heavy atom. The average molecular weight is 294 g/mol. The molecule has 0 radical (unpaired) electrons. The van der Waals surface area contributed by atoms with Crippen molar-refractivity contribution >= 4 is 11.6 Å². The lowest BCUT2D eigenvalue weighted by Gasteiger charge is -2.28. The quantitative estimate of drug-likeness (QED) is 0.743. The van der Waals surface area contributed by atoms with Gasteiger partial charge >= 0.3 is 0 Å². The second-order valence-corrected chi connectivity index (χ2v) is 6.33. The van der Waals surface area contributed by atoms with Crippen LogP contribution in [0.5, 0.6) is 5.75 Å². The number of rotatable bonds is 6. The molecule has 0 unspecified atom stereocenters. The van der Waals surface area contributed by atoms with Crippen LogP contribution in [0.1, 0.15) is 36.8 Å². The van der Waals surface area contributed by atoms with E-state index in [-0.39, 0.29) is 0 Å². The van der Waals surface area contributed by atoms with Gasteiger partial charge < -0.3 is 4.74 Å². The van der Waals surface area contributed by atoms with Crippen molar-refractivity contribution in [1.82, 2.24) is 4.90 Å². The standard InChI is InChI=1S/C17H24ClNO/c18-9-11-19(16-3-1-2-4-16)10-7-14-5-6-17-15(13-14)8-12-20-17/h5-6,13,16H,1-4,7-12H2. The van der Waals surface area contributed by atoms with Crippen molar-refractivity contribution in [2.45, 2.75) is 44.6 Å². The van der Waals surface area contributed by atoms with Gasteiger partial charge in [0.05, 0.1) is 6.61 Å². The van der Waals surface area contributed by atoms with Crippen LogP contribution in [0.25, 0.3) is 0 Å². The van der Waals surface area contributed by atoms with Gasteiger partial charge in [-0.15, -0.1) is 11.6 Å². The minimum absolute atomic E-state index is 0.745. The van der Waals surface area contributed by atoms with Gasteiger partial charge in [-0.3, -0.25) is 4.90 Å². The van der Waals surface area contributed by atoms with Gasteiger partial charge in [-0.2, -0.15) is 0 Å². The molecule has 3 heteroatoms. The Morgan fingerprint density at radius 1 is 1.20 bits per heavy atom. The maximum absolute atomic E-state index is 5.97. The Labute approximate surface area is 127 Å². The molecule has 0 saturated heterocycles. The fraction of sp³-hybridized carbons (Fsp3) is 0.647. The molecule has 20 heavy (non-hydrogen) atoms. The van der Waals surface area contributed by atoms with Gasteiger partial charge in [0, 0.05) is 31.4 Å². The number of fused-ring (bicyclic) bond motifs is 1. The fourth-order valence-electron chi connectivity index (χ4n) is 3.52. The summed E-state index contributed by atoms with van der Waals surface area (Å²) in [6.45, 7) is 3.01. The number of hydrogen-bond donors (Lipinski definition) is 0. The number of ether oxygens (including phenoxy) is 1. The molecule has 1 aromatic rings. The number of halogens is 1. The first-order valence-corrected chi connectivity index (χ1v) is 8.45. The summed E-state index contributed by atoms with van der Waals surface area (Å²) >= 11 is 5.97. The van der Waals surface area contributed by atoms with Crippen LogP contribution in [0.2, 0.25) is 0 Å². The van der Waals surface area contributed by atoms with Gasteiger partial charge in [-0.05, 0) is 36.5 Å². The average Bonchev–Trinajstić information content (AvgIpc) is 3.13. The van der Waals surface area contributed by atoms with Gasteiger partial charge in [0.1, 0.15) is 5.75 Å². The molecule has 110 valence electrons. The smallest absolute Gasteiger partial charge is 0.122 e. The second kappa shape index (κ2) is 6.82. The molecule has 1 heterocycles. The van der Waals surface area contributed by atoms with Crippen LogP contribution in [0.15, 0.2) is 18.2 Å². The molecule has 3 rings (SSSR count). The van der Waals surface area contributed by atoms with Crippen molar-refractivity contribution in [3.63, 3.8) is 0 Å². The zero-order chi connectivity index (χ0) is 13.8. The molecule has 1 aliphatic heterocycles. The van der Waals surface area contributed by atoms with E-state index < -0.39 is 0 Å². The molecule has 0 spiro atoms. The van der Waals surface area contributed by atoms with Crippen LogP contribution in [-0.4, -0.2) is 36.5 Å². The molecule has 1 saturated carbocycles. The van der Waals surface area contributed by atoms with Crippen molar-refractivity contribution in [2.24, 2.45) is 0 Å². The first-order chi connectivity index (χ1) is 9.86. The van der Waals surface area contributed by atoms with Gasteiger partial charge in [-0.25, -0.2) is 0 Å². The lowest BCUT2D eigenvalue weighted by atomic mass is 10.1. The molecule has 0 amide bonds. The third-order valence-electron chi connectivity index (χ3n) is 4.65. The Morgan fingerprint density at radius 2 is 2.05 bits per heavy atom. The van der Waals surface area contributed by atoms with E-state index in [1.165, 1.54) is 36.8 Å². The fourth-order valence-corrected chi connectivity index (χ4v) is 3.74. The topological polar surface area (TPSA) is 12.5 Å². The van der Waals surface area contributed by atoms with E-state index >= 15 is 0 Å². The predicted octanol–water partition coefficient (Wildman–Crippen LogP) is 3.65. The molecule has 1 aliphatic carbocycles. The summed E-state index contributed by atoms with van der Waals surface area (Å²) in [5.74, 6) is 1.83. The highest BCUT2D eigenvalue weighted by molar-refractivity contribution is 6.18. The van der Waals surface area contributed by atoms with Crippen LogP contribution in [0.3, 0.4) is 0 Å². The van der Waals surface area contributed by atoms with Crippen LogP contribution in [0.4, 0.5) is 0 Å². The van der Waals surface area contributed by atoms with Crippen molar-refractivity contribution in [1.29, 1.82) is 0 Å². The van der Waals surface area contributed by atoms with Crippen LogP contribution in [-0.2, 0) is 12.8 Å². The summed E-state index contributed by atoms with van der Waals surface area (Å²) in [5, 5.41) is 0. The van der Waals surface area contributed by atoms with Crippen molar-refractivity contribution < 1.29 is 4.74 Å². The third-order valence-corrected chi connectivity index (χ3v) is 4.82. The van der Waals surface area contributed by atoms with E-state index in [1.54, 1.807) is 0 Å². The number of hydrogen-bond acceptors (Lipinski definition) is 2. The minimum Gasteiger partial charge on any atom is -0.493 e. The summed E-state index contributed by atoms with van der Waals surface area (Å²) < 4.78 is 5.57. The van der Waals surface area contributed by atoms with Crippen LogP contribution in [0, 0.1) is 0 Å². The van der Waals surface area contributed by atoms with Crippen molar-refractivity contribution in [3.05, 3.63) is 29.3 Å². The van der Waals surface area contributed by atoms with E-state index in [9.17, 15) is 0 Å². The van der Waals surface area contributed by atoms with Crippen LogP contribution < -0.4 is 4.74 Å². The summed E-state index contributed by atoms with van der Waals surface area (Å²) in [5.41, 5.74) is 2.82. The summed E-state index contributed by atoms with van der Waals surface area (Å²) in [6, 6.07) is 7.46. The zero-order valence-electron chi connectivity index (χ0n) is 12.1. The molecule has 0 atom stereocenters. The monoisotopic (exact) mass is 293 g/mol. The Hall–Kier alpha value is -0.730. The molecule has 2 nitrogen and oxygen atoms in total. The summed E-state index contributed by atoms with van der Waals surface area (Å²) in [6.07, 6.45) is 7.68. The molecule has 0 aromatic heterocycles. The molecule has 1 aromatic carbocycles. The molecular weight excluding hydrogens is 270 g/mol. The van der Waals surface area contributed by atoms with E-state index in [1.807, 2.05) is 0 Å².